The summed E-state index contributed by atoms with van der Waals surface area (Å²) in [6.45, 7) is 6.94. The minimum Gasteiger partial charge on any atom is -0.289 e. The number of hydrogen-bond donors (Lipinski definition) is 0. The molecule has 0 aromatic heterocycles. The first-order chi connectivity index (χ1) is 6.15. The second kappa shape index (κ2) is 3.81. The van der Waals surface area contributed by atoms with Crippen LogP contribution < -0.4 is 0 Å². The van der Waals surface area contributed by atoms with Gasteiger partial charge in [0, 0.05) is 11.1 Å². The van der Waals surface area contributed by atoms with Crippen LogP contribution in [0.4, 0.5) is 4.39 Å². The van der Waals surface area contributed by atoms with Crippen molar-refractivity contribution < 1.29 is 9.18 Å². The molecule has 0 aliphatic rings. The van der Waals surface area contributed by atoms with Gasteiger partial charge in [0.15, 0.2) is 5.78 Å². The molecule has 0 unspecified atom stereocenters. The van der Waals surface area contributed by atoms with E-state index in [4.69, 9.17) is 0 Å². The standard InChI is InChI=1S/C11H9FO/c1-3-8(2)11(13)9-4-6-10(12)7-5-9/h3-7H,1-2H2. The topological polar surface area (TPSA) is 17.1 Å². The molecule has 2 heteroatoms. The second-order valence-corrected chi connectivity index (χ2v) is 2.57. The molecule has 0 radical (unpaired) electrons. The third kappa shape index (κ3) is 2.12. The van der Waals surface area contributed by atoms with Crippen LogP contribution in [0.3, 0.4) is 0 Å². The monoisotopic (exact) mass is 176 g/mol. The highest BCUT2D eigenvalue weighted by atomic mass is 19.1. The predicted molar refractivity (Wildman–Crippen MR) is 50.1 cm³/mol. The Hall–Kier alpha value is -1.70. The molecule has 0 N–H and O–H groups in total. The minimum atomic E-state index is -0.360. The van der Waals surface area contributed by atoms with Crippen molar-refractivity contribution in [3.8, 4) is 0 Å². The van der Waals surface area contributed by atoms with Crippen LogP contribution in [0.2, 0.25) is 0 Å². The van der Waals surface area contributed by atoms with Crippen molar-refractivity contribution in [3.05, 3.63) is 60.5 Å². The highest BCUT2D eigenvalue weighted by Crippen LogP contribution is 2.08. The van der Waals surface area contributed by atoms with Crippen molar-refractivity contribution >= 4 is 5.78 Å². The number of allylic oxidation sites excluding steroid dienone is 2. The smallest absolute Gasteiger partial charge is 0.192 e. The molecule has 0 amide bonds. The number of halogens is 1. The normalized spacial score (nSPS) is 9.31. The van der Waals surface area contributed by atoms with Crippen molar-refractivity contribution in [2.24, 2.45) is 0 Å². The van der Waals surface area contributed by atoms with Gasteiger partial charge in [0.05, 0.1) is 0 Å². The average molecular weight is 176 g/mol. The van der Waals surface area contributed by atoms with E-state index < -0.39 is 0 Å². The molecule has 1 nitrogen and oxygen atoms in total. The quantitative estimate of drug-likeness (QED) is 0.393. The zero-order valence-corrected chi connectivity index (χ0v) is 7.09. The number of ketones is 1. The highest BCUT2D eigenvalue weighted by Gasteiger charge is 2.06. The number of Topliss-reactive ketones (excluding diaryl/α,β-unsaturated/α-hetero) is 1. The van der Waals surface area contributed by atoms with Gasteiger partial charge in [0.25, 0.3) is 0 Å². The van der Waals surface area contributed by atoms with Gasteiger partial charge in [-0.2, -0.15) is 0 Å². The molecule has 0 saturated heterocycles. The fourth-order valence-electron chi connectivity index (χ4n) is 0.879. The lowest BCUT2D eigenvalue weighted by molar-refractivity contribution is 0.103. The van der Waals surface area contributed by atoms with Crippen LogP contribution in [0, 0.1) is 5.82 Å². The van der Waals surface area contributed by atoms with E-state index in [0.29, 0.717) is 11.1 Å². The Morgan fingerprint density at radius 3 is 2.31 bits per heavy atom. The van der Waals surface area contributed by atoms with E-state index in [9.17, 15) is 9.18 Å². The first-order valence-electron chi connectivity index (χ1n) is 3.76. The summed E-state index contributed by atoms with van der Waals surface area (Å²) in [5.74, 6) is -0.587. The summed E-state index contributed by atoms with van der Waals surface area (Å²) >= 11 is 0. The molecule has 0 heterocycles. The predicted octanol–water partition coefficient (Wildman–Crippen LogP) is 2.75. The zero-order valence-electron chi connectivity index (χ0n) is 7.09. The van der Waals surface area contributed by atoms with Gasteiger partial charge in [-0.1, -0.05) is 19.2 Å². The van der Waals surface area contributed by atoms with Gasteiger partial charge in [-0.25, -0.2) is 4.39 Å². The Morgan fingerprint density at radius 1 is 1.31 bits per heavy atom. The zero-order chi connectivity index (χ0) is 9.84. The van der Waals surface area contributed by atoms with Crippen molar-refractivity contribution in [3.63, 3.8) is 0 Å². The van der Waals surface area contributed by atoms with E-state index in [-0.39, 0.29) is 11.6 Å². The molecule has 0 saturated carbocycles. The molecule has 13 heavy (non-hydrogen) atoms. The maximum Gasteiger partial charge on any atom is 0.192 e. The van der Waals surface area contributed by atoms with Gasteiger partial charge in [0.2, 0.25) is 0 Å². The molecule has 1 aromatic rings. The average Bonchev–Trinajstić information content (AvgIpc) is 2.17. The first kappa shape index (κ1) is 9.39. The highest BCUT2D eigenvalue weighted by molar-refractivity contribution is 6.09. The fraction of sp³-hybridized carbons (Fsp3) is 0. The molecular weight excluding hydrogens is 167 g/mol. The summed E-state index contributed by atoms with van der Waals surface area (Å²) in [6, 6.07) is 5.33. The molecule has 0 fully saturated rings. The van der Waals surface area contributed by atoms with Gasteiger partial charge >= 0.3 is 0 Å². The van der Waals surface area contributed by atoms with Crippen molar-refractivity contribution in [1.82, 2.24) is 0 Å². The Bertz CT molecular complexity index is 349. The van der Waals surface area contributed by atoms with E-state index in [1.165, 1.54) is 30.3 Å². The number of rotatable bonds is 3. The number of carbonyl (C=O) groups excluding carboxylic acids is 1. The van der Waals surface area contributed by atoms with Crippen LogP contribution in [-0.2, 0) is 0 Å². The minimum absolute atomic E-state index is 0.227. The largest absolute Gasteiger partial charge is 0.289 e. The molecule has 0 bridgehead atoms. The summed E-state index contributed by atoms with van der Waals surface area (Å²) < 4.78 is 12.5. The third-order valence-corrected chi connectivity index (χ3v) is 1.64. The second-order valence-electron chi connectivity index (χ2n) is 2.57. The molecule has 0 atom stereocenters. The van der Waals surface area contributed by atoms with Crippen molar-refractivity contribution in [2.75, 3.05) is 0 Å². The summed E-state index contributed by atoms with van der Waals surface area (Å²) in [5, 5.41) is 0. The molecule has 1 aromatic carbocycles. The van der Waals surface area contributed by atoms with Gasteiger partial charge < -0.3 is 0 Å². The molecule has 0 aliphatic heterocycles. The Balaban J connectivity index is 2.96. The summed E-state index contributed by atoms with van der Waals surface area (Å²) in [4.78, 5) is 11.4. The van der Waals surface area contributed by atoms with Crippen molar-refractivity contribution in [2.45, 2.75) is 0 Å². The van der Waals surface area contributed by atoms with Crippen LogP contribution in [0.15, 0.2) is 49.1 Å². The summed E-state index contributed by atoms with van der Waals surface area (Å²) in [7, 11) is 0. The maximum atomic E-state index is 12.5. The lowest BCUT2D eigenvalue weighted by atomic mass is 10.1. The summed E-state index contributed by atoms with van der Waals surface area (Å²) in [6.07, 6.45) is 1.38. The molecule has 66 valence electrons. The fourth-order valence-corrected chi connectivity index (χ4v) is 0.879. The third-order valence-electron chi connectivity index (χ3n) is 1.64. The van der Waals surface area contributed by atoms with Gasteiger partial charge in [-0.15, -0.1) is 0 Å². The van der Waals surface area contributed by atoms with Crippen LogP contribution in [0.5, 0.6) is 0 Å². The number of benzene rings is 1. The van der Waals surface area contributed by atoms with Gasteiger partial charge in [-0.3, -0.25) is 4.79 Å². The number of carbonyl (C=O) groups is 1. The molecule has 0 aliphatic carbocycles. The summed E-state index contributed by atoms with van der Waals surface area (Å²) in [5.41, 5.74) is 0.734. The maximum absolute atomic E-state index is 12.5. The van der Waals surface area contributed by atoms with E-state index in [1.54, 1.807) is 0 Å². The lowest BCUT2D eigenvalue weighted by Gasteiger charge is -1.98. The Kier molecular flexibility index (Phi) is 2.75. The SMILES string of the molecule is C=CC(=C)C(=O)c1ccc(F)cc1. The lowest BCUT2D eigenvalue weighted by Crippen LogP contribution is -1.99. The molecular formula is C11H9FO. The van der Waals surface area contributed by atoms with Crippen LogP contribution >= 0.6 is 0 Å². The van der Waals surface area contributed by atoms with E-state index in [0.717, 1.165) is 0 Å². The Labute approximate surface area is 76.2 Å². The van der Waals surface area contributed by atoms with Crippen LogP contribution in [-0.4, -0.2) is 5.78 Å². The van der Waals surface area contributed by atoms with Crippen LogP contribution in [0.25, 0.3) is 0 Å². The van der Waals surface area contributed by atoms with Gasteiger partial charge in [-0.05, 0) is 24.3 Å². The van der Waals surface area contributed by atoms with Crippen molar-refractivity contribution in [1.29, 1.82) is 0 Å². The molecule has 0 spiro atoms. The molecule has 1 rings (SSSR count). The van der Waals surface area contributed by atoms with E-state index in [2.05, 4.69) is 13.2 Å². The Morgan fingerprint density at radius 2 is 1.85 bits per heavy atom. The first-order valence-corrected chi connectivity index (χ1v) is 3.76. The van der Waals surface area contributed by atoms with E-state index in [1.807, 2.05) is 0 Å². The van der Waals surface area contributed by atoms with Crippen LogP contribution in [0.1, 0.15) is 10.4 Å². The van der Waals surface area contributed by atoms with E-state index >= 15 is 0 Å². The van der Waals surface area contributed by atoms with Gasteiger partial charge in [0.1, 0.15) is 5.82 Å². The number of hydrogen-bond acceptors (Lipinski definition) is 1.